The van der Waals surface area contributed by atoms with E-state index in [1.165, 1.54) is 0 Å². The maximum Gasteiger partial charge on any atom is 0.143 e. The van der Waals surface area contributed by atoms with Gasteiger partial charge in [0.15, 0.2) is 0 Å². The van der Waals surface area contributed by atoms with E-state index in [9.17, 15) is 0 Å². The predicted molar refractivity (Wildman–Crippen MR) is 80.6 cm³/mol. The van der Waals surface area contributed by atoms with Crippen LogP contribution in [0.3, 0.4) is 0 Å². The molecule has 0 aliphatic carbocycles. The first-order chi connectivity index (χ1) is 9.90. The lowest BCUT2D eigenvalue weighted by Gasteiger charge is -2.00. The molecule has 0 aliphatic heterocycles. The van der Waals surface area contributed by atoms with Crippen molar-refractivity contribution in [2.24, 2.45) is 0 Å². The van der Waals surface area contributed by atoms with E-state index >= 15 is 0 Å². The smallest absolute Gasteiger partial charge is 0.143 e. The second-order valence-electron chi connectivity index (χ2n) is 4.40. The molecule has 0 spiro atoms. The third-order valence-corrected chi connectivity index (χ3v) is 4.11. The van der Waals surface area contributed by atoms with Crippen molar-refractivity contribution in [2.75, 3.05) is 0 Å². The standard InChI is InChI=1S/C16H10N2OS/c1-4-11(14-7-3-9-19-14)10-12(5-1)15-18-13-6-2-8-17-16(13)20-15/h1-10H. The summed E-state index contributed by atoms with van der Waals surface area (Å²) in [4.78, 5) is 9.93. The van der Waals surface area contributed by atoms with Gasteiger partial charge in [-0.1, -0.05) is 29.5 Å². The molecule has 0 unspecified atom stereocenters. The van der Waals surface area contributed by atoms with Gasteiger partial charge in [0, 0.05) is 17.3 Å². The third-order valence-electron chi connectivity index (χ3n) is 3.08. The van der Waals surface area contributed by atoms with Gasteiger partial charge in [-0.25, -0.2) is 9.97 Å². The van der Waals surface area contributed by atoms with Gasteiger partial charge in [-0.2, -0.15) is 0 Å². The molecule has 0 N–H and O–H groups in total. The SMILES string of the molecule is c1cc(-c2ccco2)cc(-c2nc3cccnc3s2)c1. The van der Waals surface area contributed by atoms with Crippen LogP contribution in [0.4, 0.5) is 0 Å². The first-order valence-corrected chi connectivity index (χ1v) is 7.08. The van der Waals surface area contributed by atoms with E-state index in [0.717, 1.165) is 32.2 Å². The molecule has 0 aliphatic rings. The number of hydrogen-bond donors (Lipinski definition) is 0. The number of hydrogen-bond acceptors (Lipinski definition) is 4. The highest BCUT2D eigenvalue weighted by molar-refractivity contribution is 7.21. The van der Waals surface area contributed by atoms with Crippen LogP contribution in [0.5, 0.6) is 0 Å². The Morgan fingerprint density at radius 3 is 2.75 bits per heavy atom. The van der Waals surface area contributed by atoms with Crippen molar-refractivity contribution in [3.8, 4) is 21.9 Å². The van der Waals surface area contributed by atoms with E-state index < -0.39 is 0 Å². The van der Waals surface area contributed by atoms with E-state index in [0.29, 0.717) is 0 Å². The molecule has 20 heavy (non-hydrogen) atoms. The van der Waals surface area contributed by atoms with Crippen LogP contribution < -0.4 is 0 Å². The molecule has 0 radical (unpaired) electrons. The highest BCUT2D eigenvalue weighted by Gasteiger charge is 2.08. The maximum absolute atomic E-state index is 5.44. The zero-order valence-corrected chi connectivity index (χ0v) is 11.3. The second kappa shape index (κ2) is 4.58. The number of fused-ring (bicyclic) bond motifs is 1. The second-order valence-corrected chi connectivity index (χ2v) is 5.38. The molecule has 0 saturated carbocycles. The zero-order valence-electron chi connectivity index (χ0n) is 10.5. The van der Waals surface area contributed by atoms with E-state index in [4.69, 9.17) is 4.42 Å². The van der Waals surface area contributed by atoms with Crippen LogP contribution in [0.1, 0.15) is 0 Å². The summed E-state index contributed by atoms with van der Waals surface area (Å²) in [6.45, 7) is 0. The Labute approximate surface area is 119 Å². The maximum atomic E-state index is 5.44. The van der Waals surface area contributed by atoms with Gasteiger partial charge in [0.2, 0.25) is 0 Å². The van der Waals surface area contributed by atoms with Crippen molar-refractivity contribution >= 4 is 21.7 Å². The van der Waals surface area contributed by atoms with Crippen LogP contribution >= 0.6 is 11.3 Å². The van der Waals surface area contributed by atoms with Gasteiger partial charge >= 0.3 is 0 Å². The lowest BCUT2D eigenvalue weighted by atomic mass is 10.1. The van der Waals surface area contributed by atoms with E-state index in [1.54, 1.807) is 23.8 Å². The Kier molecular flexibility index (Phi) is 2.60. The summed E-state index contributed by atoms with van der Waals surface area (Å²) in [6, 6.07) is 16.0. The Hall–Kier alpha value is -2.46. The minimum atomic E-state index is 0.867. The Morgan fingerprint density at radius 1 is 0.950 bits per heavy atom. The Morgan fingerprint density at radius 2 is 1.90 bits per heavy atom. The van der Waals surface area contributed by atoms with Gasteiger partial charge in [0.25, 0.3) is 0 Å². The van der Waals surface area contributed by atoms with Gasteiger partial charge in [-0.15, -0.1) is 0 Å². The molecule has 96 valence electrons. The molecule has 3 nitrogen and oxygen atoms in total. The van der Waals surface area contributed by atoms with Crippen LogP contribution in [-0.4, -0.2) is 9.97 Å². The van der Waals surface area contributed by atoms with Crippen molar-refractivity contribution in [3.63, 3.8) is 0 Å². The average molecular weight is 278 g/mol. The summed E-state index contributed by atoms with van der Waals surface area (Å²) in [7, 11) is 0. The van der Waals surface area contributed by atoms with Crippen LogP contribution in [-0.2, 0) is 0 Å². The number of nitrogens with zero attached hydrogens (tertiary/aromatic N) is 2. The summed E-state index contributed by atoms with van der Waals surface area (Å²) < 4.78 is 5.44. The fraction of sp³-hybridized carbons (Fsp3) is 0. The predicted octanol–water partition coefficient (Wildman–Crippen LogP) is 4.62. The third kappa shape index (κ3) is 1.90. The van der Waals surface area contributed by atoms with Crippen molar-refractivity contribution < 1.29 is 4.42 Å². The van der Waals surface area contributed by atoms with Crippen LogP contribution in [0.25, 0.3) is 32.2 Å². The fourth-order valence-electron chi connectivity index (χ4n) is 2.14. The number of rotatable bonds is 2. The van der Waals surface area contributed by atoms with Gasteiger partial charge in [0.1, 0.15) is 21.1 Å². The first kappa shape index (κ1) is 11.4. The van der Waals surface area contributed by atoms with Crippen molar-refractivity contribution in [1.82, 2.24) is 9.97 Å². The topological polar surface area (TPSA) is 38.9 Å². The zero-order chi connectivity index (χ0) is 13.4. The molecule has 0 fully saturated rings. The highest BCUT2D eigenvalue weighted by atomic mass is 32.1. The lowest BCUT2D eigenvalue weighted by molar-refractivity contribution is 0.582. The quantitative estimate of drug-likeness (QED) is 0.537. The highest BCUT2D eigenvalue weighted by Crippen LogP contribution is 2.31. The van der Waals surface area contributed by atoms with Crippen molar-refractivity contribution in [2.45, 2.75) is 0 Å². The molecular formula is C16H10N2OS. The number of pyridine rings is 1. The number of thiazole rings is 1. The number of aromatic nitrogens is 2. The van der Waals surface area contributed by atoms with Gasteiger partial charge < -0.3 is 4.42 Å². The molecule has 0 saturated heterocycles. The average Bonchev–Trinajstić information content (AvgIpc) is 3.16. The molecule has 0 bridgehead atoms. The van der Waals surface area contributed by atoms with Gasteiger partial charge in [-0.3, -0.25) is 0 Å². The lowest BCUT2D eigenvalue weighted by Crippen LogP contribution is -1.78. The summed E-state index contributed by atoms with van der Waals surface area (Å²) >= 11 is 1.60. The van der Waals surface area contributed by atoms with Crippen LogP contribution in [0.2, 0.25) is 0 Å². The molecule has 0 amide bonds. The van der Waals surface area contributed by atoms with Crippen LogP contribution in [0, 0.1) is 0 Å². The van der Waals surface area contributed by atoms with E-state index in [1.807, 2.05) is 36.4 Å². The molecule has 4 aromatic rings. The summed E-state index contributed by atoms with van der Waals surface area (Å²) in [5.74, 6) is 0.867. The monoisotopic (exact) mass is 278 g/mol. The number of benzene rings is 1. The van der Waals surface area contributed by atoms with Crippen LogP contribution in [0.15, 0.2) is 65.4 Å². The molecule has 3 heterocycles. The fourth-order valence-corrected chi connectivity index (χ4v) is 3.05. The Bertz CT molecular complexity index is 832. The summed E-state index contributed by atoms with van der Waals surface area (Å²) in [6.07, 6.45) is 3.48. The molecule has 3 aromatic heterocycles. The molecule has 4 heteroatoms. The first-order valence-electron chi connectivity index (χ1n) is 6.26. The minimum Gasteiger partial charge on any atom is -0.464 e. The summed E-state index contributed by atoms with van der Waals surface area (Å²) in [5, 5.41) is 0.979. The van der Waals surface area contributed by atoms with Crippen molar-refractivity contribution in [3.05, 3.63) is 61.0 Å². The van der Waals surface area contributed by atoms with E-state index in [2.05, 4.69) is 22.1 Å². The normalized spacial score (nSPS) is 11.0. The summed E-state index contributed by atoms with van der Waals surface area (Å²) in [5.41, 5.74) is 3.08. The minimum absolute atomic E-state index is 0.867. The molecule has 1 aromatic carbocycles. The molecule has 0 atom stereocenters. The Balaban J connectivity index is 1.84. The van der Waals surface area contributed by atoms with E-state index in [-0.39, 0.29) is 0 Å². The molecule has 4 rings (SSSR count). The van der Waals surface area contributed by atoms with Gasteiger partial charge in [0.05, 0.1) is 6.26 Å². The largest absolute Gasteiger partial charge is 0.464 e. The molecular weight excluding hydrogens is 268 g/mol. The number of furan rings is 1. The van der Waals surface area contributed by atoms with Gasteiger partial charge in [-0.05, 0) is 30.3 Å². The van der Waals surface area contributed by atoms with Crippen molar-refractivity contribution in [1.29, 1.82) is 0 Å².